The van der Waals surface area contributed by atoms with Gasteiger partial charge in [-0.1, -0.05) is 41.5 Å². The SMILES string of the molecule is CC(C)(C)CN1CCCC2C1CCCN2CC(C)(C)C. The van der Waals surface area contributed by atoms with E-state index in [1.807, 2.05) is 0 Å². The molecule has 2 unspecified atom stereocenters. The van der Waals surface area contributed by atoms with Crippen molar-refractivity contribution in [2.75, 3.05) is 26.2 Å². The van der Waals surface area contributed by atoms with Crippen LogP contribution in [0.1, 0.15) is 67.2 Å². The summed E-state index contributed by atoms with van der Waals surface area (Å²) >= 11 is 0. The smallest absolute Gasteiger partial charge is 0.0252 e. The Morgan fingerprint density at radius 1 is 0.700 bits per heavy atom. The quantitative estimate of drug-likeness (QED) is 0.754. The second-order valence-electron chi connectivity index (χ2n) is 9.48. The van der Waals surface area contributed by atoms with E-state index in [1.54, 1.807) is 0 Å². The number of piperidine rings is 2. The monoisotopic (exact) mass is 280 g/mol. The summed E-state index contributed by atoms with van der Waals surface area (Å²) in [6.45, 7) is 19.5. The molecule has 2 heteroatoms. The van der Waals surface area contributed by atoms with Gasteiger partial charge >= 0.3 is 0 Å². The molecule has 0 bridgehead atoms. The molecule has 20 heavy (non-hydrogen) atoms. The highest BCUT2D eigenvalue weighted by Gasteiger charge is 2.39. The Hall–Kier alpha value is -0.0800. The first-order chi connectivity index (χ1) is 9.16. The maximum absolute atomic E-state index is 2.81. The fourth-order valence-electron chi connectivity index (χ4n) is 4.19. The van der Waals surface area contributed by atoms with Gasteiger partial charge in [-0.2, -0.15) is 0 Å². The molecule has 0 spiro atoms. The van der Waals surface area contributed by atoms with Crippen molar-refractivity contribution in [3.8, 4) is 0 Å². The van der Waals surface area contributed by atoms with Gasteiger partial charge in [0, 0.05) is 25.2 Å². The van der Waals surface area contributed by atoms with Gasteiger partial charge in [-0.15, -0.1) is 0 Å². The predicted octanol–water partition coefficient (Wildman–Crippen LogP) is 4.01. The maximum atomic E-state index is 2.81. The average molecular weight is 280 g/mol. The van der Waals surface area contributed by atoms with Crippen molar-refractivity contribution in [1.82, 2.24) is 9.80 Å². The third-order valence-electron chi connectivity index (χ3n) is 4.63. The second-order valence-corrected chi connectivity index (χ2v) is 9.48. The van der Waals surface area contributed by atoms with Crippen LogP contribution < -0.4 is 0 Å². The molecule has 0 saturated carbocycles. The fourth-order valence-corrected chi connectivity index (χ4v) is 4.19. The zero-order valence-electron chi connectivity index (χ0n) is 14.7. The molecule has 2 atom stereocenters. The van der Waals surface area contributed by atoms with Gasteiger partial charge in [0.15, 0.2) is 0 Å². The van der Waals surface area contributed by atoms with E-state index in [9.17, 15) is 0 Å². The first kappa shape index (κ1) is 16.3. The van der Waals surface area contributed by atoms with Crippen LogP contribution in [0.25, 0.3) is 0 Å². The summed E-state index contributed by atoms with van der Waals surface area (Å²) in [6.07, 6.45) is 5.61. The zero-order valence-corrected chi connectivity index (χ0v) is 14.7. The lowest BCUT2D eigenvalue weighted by Crippen LogP contribution is -2.60. The molecular weight excluding hydrogens is 244 g/mol. The summed E-state index contributed by atoms with van der Waals surface area (Å²) in [4.78, 5) is 5.62. The number of likely N-dealkylation sites (tertiary alicyclic amines) is 2. The van der Waals surface area contributed by atoms with Crippen LogP contribution in [0, 0.1) is 10.8 Å². The Bertz CT molecular complexity index is 278. The standard InChI is InChI=1S/C18H36N2/c1-17(2,3)13-19-11-7-10-16-15(19)9-8-12-20(16)14-18(4,5)6/h15-16H,7-14H2,1-6H3. The molecule has 0 aliphatic carbocycles. The Labute approximate surface area is 126 Å². The van der Waals surface area contributed by atoms with Crippen LogP contribution in [0.3, 0.4) is 0 Å². The van der Waals surface area contributed by atoms with E-state index < -0.39 is 0 Å². The van der Waals surface area contributed by atoms with Gasteiger partial charge in [0.2, 0.25) is 0 Å². The molecule has 2 heterocycles. The van der Waals surface area contributed by atoms with Gasteiger partial charge < -0.3 is 0 Å². The van der Waals surface area contributed by atoms with Gasteiger partial charge in [-0.3, -0.25) is 9.80 Å². The Kier molecular flexibility index (Phi) is 4.86. The van der Waals surface area contributed by atoms with Gasteiger partial charge in [0.05, 0.1) is 0 Å². The number of hydrogen-bond donors (Lipinski definition) is 0. The number of nitrogens with zero attached hydrogens (tertiary/aromatic N) is 2. The first-order valence-electron chi connectivity index (χ1n) is 8.64. The van der Waals surface area contributed by atoms with Gasteiger partial charge in [-0.25, -0.2) is 0 Å². The molecule has 2 saturated heterocycles. The summed E-state index contributed by atoms with van der Waals surface area (Å²) in [5.41, 5.74) is 0.850. The largest absolute Gasteiger partial charge is 0.298 e. The Morgan fingerprint density at radius 2 is 1.05 bits per heavy atom. The summed E-state index contributed by atoms with van der Waals surface area (Å²) < 4.78 is 0. The van der Waals surface area contributed by atoms with Crippen molar-refractivity contribution in [3.63, 3.8) is 0 Å². The summed E-state index contributed by atoms with van der Waals surface area (Å²) in [6, 6.07) is 1.64. The number of rotatable bonds is 2. The highest BCUT2D eigenvalue weighted by Crippen LogP contribution is 2.33. The molecule has 2 fully saturated rings. The molecule has 0 amide bonds. The van der Waals surface area contributed by atoms with Crippen LogP contribution in [0.4, 0.5) is 0 Å². The highest BCUT2D eigenvalue weighted by molar-refractivity contribution is 4.95. The molecule has 2 nitrogen and oxygen atoms in total. The van der Waals surface area contributed by atoms with Crippen LogP contribution in [-0.2, 0) is 0 Å². The third kappa shape index (κ3) is 4.46. The van der Waals surface area contributed by atoms with Crippen molar-refractivity contribution in [2.24, 2.45) is 10.8 Å². The highest BCUT2D eigenvalue weighted by atomic mass is 15.3. The van der Waals surface area contributed by atoms with Crippen molar-refractivity contribution in [1.29, 1.82) is 0 Å². The van der Waals surface area contributed by atoms with Crippen LogP contribution in [0.15, 0.2) is 0 Å². The molecule has 0 aromatic heterocycles. The van der Waals surface area contributed by atoms with Crippen molar-refractivity contribution in [2.45, 2.75) is 79.3 Å². The van der Waals surface area contributed by atoms with E-state index in [2.05, 4.69) is 51.3 Å². The van der Waals surface area contributed by atoms with Crippen molar-refractivity contribution >= 4 is 0 Å². The minimum Gasteiger partial charge on any atom is -0.298 e. The molecule has 2 rings (SSSR count). The van der Waals surface area contributed by atoms with E-state index in [4.69, 9.17) is 0 Å². The average Bonchev–Trinajstić information content (AvgIpc) is 2.26. The molecule has 0 radical (unpaired) electrons. The molecule has 0 aromatic carbocycles. The predicted molar refractivity (Wildman–Crippen MR) is 88.1 cm³/mol. The Morgan fingerprint density at radius 3 is 1.35 bits per heavy atom. The topological polar surface area (TPSA) is 6.48 Å². The Balaban J connectivity index is 2.05. The minimum absolute atomic E-state index is 0.425. The molecule has 0 aromatic rings. The van der Waals surface area contributed by atoms with E-state index >= 15 is 0 Å². The lowest BCUT2D eigenvalue weighted by molar-refractivity contribution is -0.0197. The summed E-state index contributed by atoms with van der Waals surface area (Å²) in [5, 5.41) is 0. The summed E-state index contributed by atoms with van der Waals surface area (Å²) in [7, 11) is 0. The fraction of sp³-hybridized carbons (Fsp3) is 1.00. The normalized spacial score (nSPS) is 30.3. The van der Waals surface area contributed by atoms with Crippen molar-refractivity contribution in [3.05, 3.63) is 0 Å². The maximum Gasteiger partial charge on any atom is 0.0252 e. The van der Waals surface area contributed by atoms with Gasteiger partial charge in [-0.05, 0) is 49.6 Å². The third-order valence-corrected chi connectivity index (χ3v) is 4.63. The lowest BCUT2D eigenvalue weighted by Gasteiger charge is -2.52. The molecular formula is C18H36N2. The first-order valence-corrected chi connectivity index (χ1v) is 8.64. The van der Waals surface area contributed by atoms with E-state index in [-0.39, 0.29) is 0 Å². The summed E-state index contributed by atoms with van der Waals surface area (Å²) in [5.74, 6) is 0. The minimum atomic E-state index is 0.425. The molecule has 0 N–H and O–H groups in total. The van der Waals surface area contributed by atoms with Crippen molar-refractivity contribution < 1.29 is 0 Å². The second kappa shape index (κ2) is 5.96. The van der Waals surface area contributed by atoms with E-state index in [1.165, 1.54) is 51.9 Å². The lowest BCUT2D eigenvalue weighted by atomic mass is 9.83. The van der Waals surface area contributed by atoms with Gasteiger partial charge in [0.1, 0.15) is 0 Å². The van der Waals surface area contributed by atoms with Crippen LogP contribution in [0.2, 0.25) is 0 Å². The van der Waals surface area contributed by atoms with E-state index in [0.29, 0.717) is 10.8 Å². The number of fused-ring (bicyclic) bond motifs is 1. The van der Waals surface area contributed by atoms with E-state index in [0.717, 1.165) is 12.1 Å². The molecule has 2 aliphatic heterocycles. The van der Waals surface area contributed by atoms with Crippen LogP contribution >= 0.6 is 0 Å². The van der Waals surface area contributed by atoms with Gasteiger partial charge in [0.25, 0.3) is 0 Å². The molecule has 2 aliphatic rings. The molecule has 118 valence electrons. The van der Waals surface area contributed by atoms with Crippen LogP contribution in [-0.4, -0.2) is 48.1 Å². The van der Waals surface area contributed by atoms with Crippen LogP contribution in [0.5, 0.6) is 0 Å². The number of hydrogen-bond acceptors (Lipinski definition) is 2. The zero-order chi connectivity index (χ0) is 15.0.